The number of benzene rings is 1. The molecule has 1 unspecified atom stereocenters. The van der Waals surface area contributed by atoms with Crippen LogP contribution in [0.15, 0.2) is 18.2 Å². The number of carbonyl (C=O) groups is 1. The van der Waals surface area contributed by atoms with E-state index in [1.54, 1.807) is 4.90 Å². The maximum absolute atomic E-state index is 12.2. The van der Waals surface area contributed by atoms with Crippen LogP contribution in [0.25, 0.3) is 0 Å². The van der Waals surface area contributed by atoms with Crippen LogP contribution in [0.1, 0.15) is 24.5 Å². The van der Waals surface area contributed by atoms with E-state index < -0.39 is 0 Å². The highest BCUT2D eigenvalue weighted by Crippen LogP contribution is 2.23. The average molecular weight is 262 g/mol. The molecule has 2 amide bonds. The fourth-order valence-corrected chi connectivity index (χ4v) is 2.55. The lowest BCUT2D eigenvalue weighted by atomic mass is 10.1. The summed E-state index contributed by atoms with van der Waals surface area (Å²) in [6.07, 6.45) is 1.79. The number of hydrogen-bond donors (Lipinski definition) is 2. The van der Waals surface area contributed by atoms with E-state index in [1.807, 2.05) is 25.1 Å². The molecule has 1 aromatic carbocycles. The predicted molar refractivity (Wildman–Crippen MR) is 76.3 cm³/mol. The van der Waals surface area contributed by atoms with Gasteiger partial charge in [-0.2, -0.15) is 0 Å². The smallest absolute Gasteiger partial charge is 0.321 e. The molecule has 0 radical (unpaired) electrons. The first-order valence-corrected chi connectivity index (χ1v) is 6.91. The van der Waals surface area contributed by atoms with Crippen molar-refractivity contribution in [1.82, 2.24) is 4.90 Å². The maximum atomic E-state index is 12.2. The van der Waals surface area contributed by atoms with Crippen molar-refractivity contribution >= 4 is 11.7 Å². The molecule has 0 aliphatic carbocycles. The normalized spacial score (nSPS) is 18.7. The van der Waals surface area contributed by atoms with Crippen molar-refractivity contribution in [3.05, 3.63) is 29.3 Å². The molecule has 4 heteroatoms. The number of para-hydroxylation sites is 1. The molecular weight excluding hydrogens is 240 g/mol. The molecule has 1 fully saturated rings. The van der Waals surface area contributed by atoms with Gasteiger partial charge in [0.05, 0.1) is 0 Å². The van der Waals surface area contributed by atoms with Gasteiger partial charge in [0, 0.05) is 31.3 Å². The van der Waals surface area contributed by atoms with Crippen molar-refractivity contribution in [3.8, 4) is 0 Å². The number of anilines is 1. The van der Waals surface area contributed by atoms with Gasteiger partial charge in [0.15, 0.2) is 0 Å². The Bertz CT molecular complexity index is 459. The van der Waals surface area contributed by atoms with Gasteiger partial charge in [-0.1, -0.05) is 25.1 Å². The molecule has 0 bridgehead atoms. The Balaban J connectivity index is 2.07. The van der Waals surface area contributed by atoms with Crippen LogP contribution in [-0.4, -0.2) is 35.7 Å². The van der Waals surface area contributed by atoms with E-state index in [-0.39, 0.29) is 18.6 Å². The van der Waals surface area contributed by atoms with Gasteiger partial charge in [0.1, 0.15) is 0 Å². The molecule has 1 aliphatic rings. The summed E-state index contributed by atoms with van der Waals surface area (Å²) in [6, 6.07) is 6.01. The third-order valence-corrected chi connectivity index (χ3v) is 3.80. The van der Waals surface area contributed by atoms with Crippen molar-refractivity contribution in [2.24, 2.45) is 5.92 Å². The van der Waals surface area contributed by atoms with Crippen molar-refractivity contribution in [1.29, 1.82) is 0 Å². The number of aliphatic hydroxyl groups excluding tert-OH is 1. The number of aliphatic hydroxyl groups is 1. The molecule has 4 nitrogen and oxygen atoms in total. The predicted octanol–water partition coefficient (Wildman–Crippen LogP) is 2.40. The zero-order valence-corrected chi connectivity index (χ0v) is 11.6. The lowest BCUT2D eigenvalue weighted by Gasteiger charge is -2.19. The largest absolute Gasteiger partial charge is 0.396 e. The summed E-state index contributed by atoms with van der Waals surface area (Å²) in [6.45, 7) is 5.63. The monoisotopic (exact) mass is 262 g/mol. The Labute approximate surface area is 114 Å². The Morgan fingerprint density at radius 1 is 1.53 bits per heavy atom. The SMILES string of the molecule is CCc1cccc(C)c1NC(=O)N1CCC(CO)C1. The van der Waals surface area contributed by atoms with E-state index in [0.717, 1.165) is 36.2 Å². The number of carbonyl (C=O) groups excluding carboxylic acids is 1. The van der Waals surface area contributed by atoms with E-state index >= 15 is 0 Å². The first-order chi connectivity index (χ1) is 9.15. The van der Waals surface area contributed by atoms with Crippen molar-refractivity contribution in [2.45, 2.75) is 26.7 Å². The van der Waals surface area contributed by atoms with Crippen molar-refractivity contribution in [3.63, 3.8) is 0 Å². The van der Waals surface area contributed by atoms with Gasteiger partial charge < -0.3 is 15.3 Å². The minimum absolute atomic E-state index is 0.0556. The van der Waals surface area contributed by atoms with Gasteiger partial charge in [-0.25, -0.2) is 4.79 Å². The second kappa shape index (κ2) is 6.06. The molecular formula is C15H22N2O2. The summed E-state index contributed by atoms with van der Waals surface area (Å²) in [4.78, 5) is 14.0. The zero-order valence-electron chi connectivity index (χ0n) is 11.6. The van der Waals surface area contributed by atoms with Crippen LogP contribution in [-0.2, 0) is 6.42 Å². The number of aryl methyl sites for hydroxylation is 2. The Morgan fingerprint density at radius 2 is 2.32 bits per heavy atom. The molecule has 1 aromatic rings. The number of nitrogens with one attached hydrogen (secondary N) is 1. The van der Waals surface area contributed by atoms with E-state index in [4.69, 9.17) is 5.11 Å². The molecule has 0 spiro atoms. The quantitative estimate of drug-likeness (QED) is 0.879. The average Bonchev–Trinajstić information content (AvgIpc) is 2.90. The van der Waals surface area contributed by atoms with Gasteiger partial charge in [-0.3, -0.25) is 0 Å². The lowest BCUT2D eigenvalue weighted by Crippen LogP contribution is -2.33. The lowest BCUT2D eigenvalue weighted by molar-refractivity contribution is 0.208. The fraction of sp³-hybridized carbons (Fsp3) is 0.533. The minimum Gasteiger partial charge on any atom is -0.396 e. The molecule has 0 aromatic heterocycles. The fourth-order valence-electron chi connectivity index (χ4n) is 2.55. The number of amides is 2. The van der Waals surface area contributed by atoms with Crippen LogP contribution in [0.4, 0.5) is 10.5 Å². The summed E-state index contributed by atoms with van der Waals surface area (Å²) in [5.41, 5.74) is 3.18. The van der Waals surface area contributed by atoms with Gasteiger partial charge in [0.25, 0.3) is 0 Å². The third kappa shape index (κ3) is 3.07. The third-order valence-electron chi connectivity index (χ3n) is 3.80. The van der Waals surface area contributed by atoms with Gasteiger partial charge in [0.2, 0.25) is 0 Å². The van der Waals surface area contributed by atoms with Gasteiger partial charge >= 0.3 is 6.03 Å². The topological polar surface area (TPSA) is 52.6 Å². The van der Waals surface area contributed by atoms with Gasteiger partial charge in [-0.05, 0) is 30.9 Å². The molecule has 1 atom stereocenters. The summed E-state index contributed by atoms with van der Waals surface area (Å²) in [7, 11) is 0. The molecule has 2 N–H and O–H groups in total. The second-order valence-corrected chi connectivity index (χ2v) is 5.18. The molecule has 2 rings (SSSR count). The highest BCUT2D eigenvalue weighted by Gasteiger charge is 2.26. The number of nitrogens with zero attached hydrogens (tertiary/aromatic N) is 1. The van der Waals surface area contributed by atoms with Gasteiger partial charge in [-0.15, -0.1) is 0 Å². The van der Waals surface area contributed by atoms with Crippen LogP contribution in [0.2, 0.25) is 0 Å². The summed E-state index contributed by atoms with van der Waals surface area (Å²) in [5.74, 6) is 0.230. The van der Waals surface area contributed by atoms with Crippen molar-refractivity contribution < 1.29 is 9.90 Å². The molecule has 1 heterocycles. The molecule has 19 heavy (non-hydrogen) atoms. The molecule has 1 aliphatic heterocycles. The molecule has 104 valence electrons. The standard InChI is InChI=1S/C15H22N2O2/c1-3-13-6-4-5-11(2)14(13)16-15(19)17-8-7-12(9-17)10-18/h4-6,12,18H,3,7-10H2,1-2H3,(H,16,19). The van der Waals surface area contributed by atoms with E-state index in [9.17, 15) is 4.79 Å². The Kier molecular flexibility index (Phi) is 4.43. The highest BCUT2D eigenvalue weighted by molar-refractivity contribution is 5.91. The molecule has 1 saturated heterocycles. The van der Waals surface area contributed by atoms with Crippen LogP contribution in [0.3, 0.4) is 0 Å². The summed E-state index contributed by atoms with van der Waals surface area (Å²) < 4.78 is 0. The Morgan fingerprint density at radius 3 is 2.95 bits per heavy atom. The molecule has 0 saturated carbocycles. The first-order valence-electron chi connectivity index (χ1n) is 6.91. The number of rotatable bonds is 3. The highest BCUT2D eigenvalue weighted by atomic mass is 16.3. The Hall–Kier alpha value is -1.55. The van der Waals surface area contributed by atoms with E-state index in [0.29, 0.717) is 6.54 Å². The van der Waals surface area contributed by atoms with E-state index in [1.165, 1.54) is 0 Å². The number of hydrogen-bond acceptors (Lipinski definition) is 2. The van der Waals surface area contributed by atoms with E-state index in [2.05, 4.69) is 12.2 Å². The van der Waals surface area contributed by atoms with Crippen LogP contribution >= 0.6 is 0 Å². The zero-order chi connectivity index (χ0) is 13.8. The first kappa shape index (κ1) is 13.9. The van der Waals surface area contributed by atoms with Crippen LogP contribution in [0, 0.1) is 12.8 Å². The van der Waals surface area contributed by atoms with Crippen molar-refractivity contribution in [2.75, 3.05) is 25.0 Å². The summed E-state index contributed by atoms with van der Waals surface area (Å²) in [5, 5.41) is 12.1. The number of urea groups is 1. The summed E-state index contributed by atoms with van der Waals surface area (Å²) >= 11 is 0. The minimum atomic E-state index is -0.0556. The maximum Gasteiger partial charge on any atom is 0.321 e. The second-order valence-electron chi connectivity index (χ2n) is 5.18. The van der Waals surface area contributed by atoms with Crippen LogP contribution in [0.5, 0.6) is 0 Å². The van der Waals surface area contributed by atoms with Crippen LogP contribution < -0.4 is 5.32 Å². The number of likely N-dealkylation sites (tertiary alicyclic amines) is 1.